The van der Waals surface area contributed by atoms with E-state index in [0.29, 0.717) is 24.4 Å². The normalized spacial score (nSPS) is 14.7. The molecule has 2 amide bonds. The first-order valence-electron chi connectivity index (χ1n) is 7.89. The first-order chi connectivity index (χ1) is 11.6. The monoisotopic (exact) mass is 324 g/mol. The molecule has 5 nitrogen and oxygen atoms in total. The van der Waals surface area contributed by atoms with Crippen molar-refractivity contribution in [1.82, 2.24) is 4.90 Å². The summed E-state index contributed by atoms with van der Waals surface area (Å²) in [5.74, 6) is 0.421. The lowest BCUT2D eigenvalue weighted by atomic mass is 10.1. The number of para-hydroxylation sites is 1. The molecule has 124 valence electrons. The maximum Gasteiger partial charge on any atom is 0.254 e. The second-order valence-corrected chi connectivity index (χ2v) is 5.79. The molecule has 0 saturated carbocycles. The van der Waals surface area contributed by atoms with E-state index in [0.717, 1.165) is 11.3 Å². The number of aryl methyl sites for hydroxylation is 1. The summed E-state index contributed by atoms with van der Waals surface area (Å²) >= 11 is 0. The van der Waals surface area contributed by atoms with Crippen molar-refractivity contribution in [3.8, 4) is 5.75 Å². The minimum atomic E-state index is -0.147. The van der Waals surface area contributed by atoms with Gasteiger partial charge in [0.2, 0.25) is 5.91 Å². The average molecular weight is 324 g/mol. The summed E-state index contributed by atoms with van der Waals surface area (Å²) in [7, 11) is 1.56. The lowest BCUT2D eigenvalue weighted by Crippen LogP contribution is -2.52. The largest absolute Gasteiger partial charge is 0.497 e. The van der Waals surface area contributed by atoms with Crippen molar-refractivity contribution in [2.24, 2.45) is 0 Å². The van der Waals surface area contributed by atoms with Crippen molar-refractivity contribution in [3.05, 3.63) is 59.7 Å². The molecule has 1 fully saturated rings. The van der Waals surface area contributed by atoms with Gasteiger partial charge < -0.3 is 14.5 Å². The molecule has 0 aromatic heterocycles. The highest BCUT2D eigenvalue weighted by Gasteiger charge is 2.29. The average Bonchev–Trinajstić information content (AvgIpc) is 2.62. The number of hydrogen-bond donors (Lipinski definition) is 0. The lowest BCUT2D eigenvalue weighted by Gasteiger charge is -2.35. The molecular formula is C19H20N2O3. The molecular weight excluding hydrogens is 304 g/mol. The fourth-order valence-electron chi connectivity index (χ4n) is 2.91. The zero-order chi connectivity index (χ0) is 17.1. The molecule has 0 aliphatic carbocycles. The Bertz CT molecular complexity index is 773. The van der Waals surface area contributed by atoms with E-state index in [9.17, 15) is 9.59 Å². The van der Waals surface area contributed by atoms with Crippen molar-refractivity contribution in [1.29, 1.82) is 0 Å². The highest BCUT2D eigenvalue weighted by atomic mass is 16.5. The van der Waals surface area contributed by atoms with Gasteiger partial charge in [-0.3, -0.25) is 9.59 Å². The smallest absolute Gasteiger partial charge is 0.254 e. The Morgan fingerprint density at radius 1 is 1.08 bits per heavy atom. The highest BCUT2D eigenvalue weighted by molar-refractivity contribution is 6.02. The Hall–Kier alpha value is -2.82. The van der Waals surface area contributed by atoms with E-state index in [1.807, 2.05) is 31.2 Å². The van der Waals surface area contributed by atoms with Gasteiger partial charge in [-0.1, -0.05) is 24.3 Å². The molecule has 0 atom stereocenters. The number of nitrogens with zero attached hydrogens (tertiary/aromatic N) is 2. The van der Waals surface area contributed by atoms with E-state index in [1.54, 1.807) is 41.2 Å². The molecule has 1 saturated heterocycles. The van der Waals surface area contributed by atoms with Crippen LogP contribution in [-0.4, -0.2) is 43.5 Å². The van der Waals surface area contributed by atoms with E-state index in [2.05, 4.69) is 0 Å². The first kappa shape index (κ1) is 16.1. The zero-order valence-corrected chi connectivity index (χ0v) is 13.9. The summed E-state index contributed by atoms with van der Waals surface area (Å²) in [6.45, 7) is 3.08. The Labute approximate surface area is 141 Å². The quantitative estimate of drug-likeness (QED) is 0.871. The van der Waals surface area contributed by atoms with E-state index in [4.69, 9.17) is 4.74 Å². The van der Waals surface area contributed by atoms with Crippen molar-refractivity contribution in [3.63, 3.8) is 0 Å². The number of carbonyl (C=O) groups is 2. The lowest BCUT2D eigenvalue weighted by molar-refractivity contribution is -0.120. The van der Waals surface area contributed by atoms with Crippen molar-refractivity contribution in [2.45, 2.75) is 6.92 Å². The molecule has 0 unspecified atom stereocenters. The Balaban J connectivity index is 1.74. The van der Waals surface area contributed by atoms with Gasteiger partial charge in [0.1, 0.15) is 12.3 Å². The fourth-order valence-corrected chi connectivity index (χ4v) is 2.91. The summed E-state index contributed by atoms with van der Waals surface area (Å²) < 4.78 is 5.16. The maximum absolute atomic E-state index is 12.6. The second kappa shape index (κ2) is 6.74. The third kappa shape index (κ3) is 3.11. The van der Waals surface area contributed by atoms with Crippen molar-refractivity contribution in [2.75, 3.05) is 31.6 Å². The number of carbonyl (C=O) groups excluding carboxylic acids is 2. The number of hydrogen-bond acceptors (Lipinski definition) is 3. The molecule has 1 aliphatic rings. The van der Waals surface area contributed by atoms with Crippen LogP contribution in [0.4, 0.5) is 5.69 Å². The predicted octanol–water partition coefficient (Wildman–Crippen LogP) is 2.49. The van der Waals surface area contributed by atoms with E-state index >= 15 is 0 Å². The molecule has 5 heteroatoms. The zero-order valence-electron chi connectivity index (χ0n) is 13.9. The van der Waals surface area contributed by atoms with Crippen LogP contribution in [0, 0.1) is 6.92 Å². The summed E-state index contributed by atoms with van der Waals surface area (Å²) in [5.41, 5.74) is 2.50. The van der Waals surface area contributed by atoms with Crippen LogP contribution in [0.1, 0.15) is 15.9 Å². The van der Waals surface area contributed by atoms with Gasteiger partial charge in [-0.05, 0) is 36.8 Å². The SMILES string of the molecule is COc1cccc(C(=O)N2CCN(c3ccccc3C)C(=O)C2)c1. The first-order valence-corrected chi connectivity index (χ1v) is 7.89. The third-order valence-corrected chi connectivity index (χ3v) is 4.23. The van der Waals surface area contributed by atoms with Gasteiger partial charge >= 0.3 is 0 Å². The summed E-state index contributed by atoms with van der Waals surface area (Å²) in [4.78, 5) is 28.5. The second-order valence-electron chi connectivity index (χ2n) is 5.79. The number of amides is 2. The third-order valence-electron chi connectivity index (χ3n) is 4.23. The van der Waals surface area contributed by atoms with Crippen molar-refractivity contribution >= 4 is 17.5 Å². The van der Waals surface area contributed by atoms with Gasteiger partial charge in [0.15, 0.2) is 0 Å². The molecule has 0 radical (unpaired) electrons. The number of methoxy groups -OCH3 is 1. The van der Waals surface area contributed by atoms with Gasteiger partial charge in [0.05, 0.1) is 7.11 Å². The Morgan fingerprint density at radius 2 is 1.88 bits per heavy atom. The number of rotatable bonds is 3. The Morgan fingerprint density at radius 3 is 2.58 bits per heavy atom. The topological polar surface area (TPSA) is 49.9 Å². The Kier molecular flexibility index (Phi) is 4.51. The number of ether oxygens (including phenoxy) is 1. The van der Waals surface area contributed by atoms with E-state index < -0.39 is 0 Å². The van der Waals surface area contributed by atoms with Gasteiger partial charge in [-0.25, -0.2) is 0 Å². The molecule has 0 bridgehead atoms. The highest BCUT2D eigenvalue weighted by Crippen LogP contribution is 2.22. The van der Waals surface area contributed by atoms with Gasteiger partial charge in [-0.15, -0.1) is 0 Å². The molecule has 0 N–H and O–H groups in total. The number of benzene rings is 2. The maximum atomic E-state index is 12.6. The van der Waals surface area contributed by atoms with Crippen LogP contribution < -0.4 is 9.64 Å². The molecule has 1 aliphatic heterocycles. The van der Waals surface area contributed by atoms with Crippen LogP contribution in [0.25, 0.3) is 0 Å². The van der Waals surface area contributed by atoms with Crippen LogP contribution in [0.5, 0.6) is 5.75 Å². The molecule has 2 aromatic rings. The fraction of sp³-hybridized carbons (Fsp3) is 0.263. The molecule has 2 aromatic carbocycles. The predicted molar refractivity (Wildman–Crippen MR) is 92.4 cm³/mol. The van der Waals surface area contributed by atoms with Crippen LogP contribution >= 0.6 is 0 Å². The van der Waals surface area contributed by atoms with Crippen LogP contribution in [0.3, 0.4) is 0 Å². The minimum Gasteiger partial charge on any atom is -0.497 e. The molecule has 1 heterocycles. The summed E-state index contributed by atoms with van der Waals surface area (Å²) in [6.07, 6.45) is 0. The van der Waals surface area contributed by atoms with E-state index in [-0.39, 0.29) is 18.4 Å². The molecule has 3 rings (SSSR count). The van der Waals surface area contributed by atoms with E-state index in [1.165, 1.54) is 0 Å². The van der Waals surface area contributed by atoms with Crippen LogP contribution in [0.15, 0.2) is 48.5 Å². The summed E-state index contributed by atoms with van der Waals surface area (Å²) in [6, 6.07) is 14.8. The standard InChI is InChI=1S/C19H20N2O3/c1-14-6-3-4-9-17(14)21-11-10-20(13-18(21)22)19(23)15-7-5-8-16(12-15)24-2/h3-9,12H,10-11,13H2,1-2H3. The van der Waals surface area contributed by atoms with Crippen molar-refractivity contribution < 1.29 is 14.3 Å². The molecule has 0 spiro atoms. The molecule has 24 heavy (non-hydrogen) atoms. The van der Waals surface area contributed by atoms with Gasteiger partial charge in [-0.2, -0.15) is 0 Å². The van der Waals surface area contributed by atoms with Gasteiger partial charge in [0.25, 0.3) is 5.91 Å². The minimum absolute atomic E-state index is 0.0632. The summed E-state index contributed by atoms with van der Waals surface area (Å²) in [5, 5.41) is 0. The van der Waals surface area contributed by atoms with Crippen LogP contribution in [-0.2, 0) is 4.79 Å². The van der Waals surface area contributed by atoms with Gasteiger partial charge in [0, 0.05) is 24.3 Å². The number of piperazine rings is 1. The van der Waals surface area contributed by atoms with Crippen LogP contribution in [0.2, 0.25) is 0 Å². The number of anilines is 1.